The number of ketones is 1. The van der Waals surface area contributed by atoms with Gasteiger partial charge in [-0.1, -0.05) is 42.5 Å². The molecule has 0 unspecified atom stereocenters. The Balaban J connectivity index is 1.34. The average Bonchev–Trinajstić information content (AvgIpc) is 3.46. The molecule has 0 fully saturated rings. The Morgan fingerprint density at radius 3 is 2.52 bits per heavy atom. The predicted molar refractivity (Wildman–Crippen MR) is 123 cm³/mol. The summed E-state index contributed by atoms with van der Waals surface area (Å²) in [5.74, 6) is 2.56. The Morgan fingerprint density at radius 2 is 1.71 bits per heavy atom. The molecule has 0 saturated carbocycles. The number of rotatable bonds is 9. The maximum atomic E-state index is 12.5. The Hall–Kier alpha value is -3.57. The quantitative estimate of drug-likeness (QED) is 0.227. The monoisotopic (exact) mass is 430 g/mol. The lowest BCUT2D eigenvalue weighted by atomic mass is 10.1. The number of allylic oxidation sites excluding steroid dienone is 1. The highest BCUT2D eigenvalue weighted by molar-refractivity contribution is 7.14. The van der Waals surface area contributed by atoms with Crippen LogP contribution in [0.4, 0.5) is 0 Å². The third-order valence-corrected chi connectivity index (χ3v) is 5.75. The van der Waals surface area contributed by atoms with Crippen LogP contribution < -0.4 is 9.47 Å². The molecule has 4 nitrogen and oxygen atoms in total. The number of para-hydroxylation sites is 2. The highest BCUT2D eigenvalue weighted by Gasteiger charge is 2.09. The molecule has 0 spiro atoms. The van der Waals surface area contributed by atoms with Crippen LogP contribution in [-0.2, 0) is 13.0 Å². The molecule has 0 saturated heterocycles. The van der Waals surface area contributed by atoms with E-state index in [1.807, 2.05) is 66.7 Å². The summed E-state index contributed by atoms with van der Waals surface area (Å²) in [6.07, 6.45) is 4.06. The van der Waals surface area contributed by atoms with Crippen molar-refractivity contribution in [3.8, 4) is 11.5 Å². The molecular formula is C26H22O4S. The van der Waals surface area contributed by atoms with Crippen LogP contribution in [0.5, 0.6) is 11.5 Å². The lowest BCUT2D eigenvalue weighted by Gasteiger charge is -2.08. The first-order valence-corrected chi connectivity index (χ1v) is 10.7. The summed E-state index contributed by atoms with van der Waals surface area (Å²) in [7, 11) is 1.60. The van der Waals surface area contributed by atoms with E-state index < -0.39 is 0 Å². The zero-order valence-corrected chi connectivity index (χ0v) is 17.9. The van der Waals surface area contributed by atoms with E-state index in [0.717, 1.165) is 11.3 Å². The van der Waals surface area contributed by atoms with Crippen LogP contribution in [-0.4, -0.2) is 12.9 Å². The van der Waals surface area contributed by atoms with Gasteiger partial charge >= 0.3 is 0 Å². The summed E-state index contributed by atoms with van der Waals surface area (Å²) >= 11 is 1.52. The lowest BCUT2D eigenvalue weighted by molar-refractivity contribution is 0.105. The van der Waals surface area contributed by atoms with E-state index in [1.165, 1.54) is 16.9 Å². The van der Waals surface area contributed by atoms with Gasteiger partial charge in [-0.15, -0.1) is 11.3 Å². The maximum absolute atomic E-state index is 12.5. The summed E-state index contributed by atoms with van der Waals surface area (Å²) in [6.45, 7) is 0.274. The minimum atomic E-state index is -0.0347. The Kier molecular flexibility index (Phi) is 6.65. The number of hydrogen-bond acceptors (Lipinski definition) is 5. The summed E-state index contributed by atoms with van der Waals surface area (Å²) in [5, 5.41) is 0. The second-order valence-corrected chi connectivity index (χ2v) is 8.04. The molecule has 0 radical (unpaired) electrons. The molecule has 4 aromatic rings. The number of carbonyl (C=O) groups is 1. The Labute approximate surface area is 185 Å². The fourth-order valence-electron chi connectivity index (χ4n) is 3.09. The van der Waals surface area contributed by atoms with E-state index in [0.29, 0.717) is 27.9 Å². The summed E-state index contributed by atoms with van der Waals surface area (Å²) < 4.78 is 16.8. The standard InChI is InChI=1S/C26H22O4S/c1-28-24-9-5-6-10-25(24)29-18-21-12-11-20(30-21)13-15-23(27)26-16-14-22(31-26)17-19-7-3-2-4-8-19/h2-16H,17-18H2,1H3/b15-13+. The molecule has 0 bridgehead atoms. The highest BCUT2D eigenvalue weighted by atomic mass is 32.1. The van der Waals surface area contributed by atoms with Crippen molar-refractivity contribution < 1.29 is 18.7 Å². The van der Waals surface area contributed by atoms with E-state index in [-0.39, 0.29) is 12.4 Å². The van der Waals surface area contributed by atoms with Gasteiger partial charge in [0.2, 0.25) is 0 Å². The van der Waals surface area contributed by atoms with Crippen LogP contribution in [0.3, 0.4) is 0 Å². The zero-order valence-electron chi connectivity index (χ0n) is 17.1. The van der Waals surface area contributed by atoms with E-state index in [1.54, 1.807) is 19.3 Å². The minimum Gasteiger partial charge on any atom is -0.493 e. The lowest BCUT2D eigenvalue weighted by Crippen LogP contribution is -1.96. The maximum Gasteiger partial charge on any atom is 0.195 e. The van der Waals surface area contributed by atoms with Crippen molar-refractivity contribution in [2.24, 2.45) is 0 Å². The SMILES string of the molecule is COc1ccccc1OCc1ccc(/C=C/C(=O)c2ccc(Cc3ccccc3)s2)o1. The molecule has 2 heterocycles. The van der Waals surface area contributed by atoms with Crippen molar-refractivity contribution >= 4 is 23.2 Å². The van der Waals surface area contributed by atoms with Crippen molar-refractivity contribution in [3.05, 3.63) is 112 Å². The molecule has 5 heteroatoms. The van der Waals surface area contributed by atoms with E-state index in [2.05, 4.69) is 12.1 Å². The van der Waals surface area contributed by atoms with Crippen LogP contribution in [0, 0.1) is 0 Å². The van der Waals surface area contributed by atoms with Gasteiger partial charge in [0.15, 0.2) is 17.3 Å². The number of thiophene rings is 1. The van der Waals surface area contributed by atoms with Crippen LogP contribution >= 0.6 is 11.3 Å². The van der Waals surface area contributed by atoms with E-state index in [9.17, 15) is 4.79 Å². The number of methoxy groups -OCH3 is 1. The first-order chi connectivity index (χ1) is 15.2. The van der Waals surface area contributed by atoms with Gasteiger partial charge < -0.3 is 13.9 Å². The molecule has 0 aliphatic heterocycles. The first-order valence-electron chi connectivity index (χ1n) is 9.91. The fraction of sp³-hybridized carbons (Fsp3) is 0.115. The molecule has 0 amide bonds. The molecule has 31 heavy (non-hydrogen) atoms. The largest absolute Gasteiger partial charge is 0.493 e. The van der Waals surface area contributed by atoms with Gasteiger partial charge in [-0.3, -0.25) is 4.79 Å². The van der Waals surface area contributed by atoms with Crippen molar-refractivity contribution in [3.63, 3.8) is 0 Å². The summed E-state index contributed by atoms with van der Waals surface area (Å²) in [4.78, 5) is 14.4. The minimum absolute atomic E-state index is 0.0347. The predicted octanol–water partition coefficient (Wildman–Crippen LogP) is 6.42. The van der Waals surface area contributed by atoms with Gasteiger partial charge in [-0.2, -0.15) is 0 Å². The molecule has 156 valence electrons. The summed E-state index contributed by atoms with van der Waals surface area (Å²) in [6, 6.07) is 25.2. The Morgan fingerprint density at radius 1 is 0.935 bits per heavy atom. The molecule has 2 aromatic heterocycles. The number of benzene rings is 2. The molecule has 0 N–H and O–H groups in total. The van der Waals surface area contributed by atoms with Crippen LogP contribution in [0.2, 0.25) is 0 Å². The number of carbonyl (C=O) groups excluding carboxylic acids is 1. The molecule has 0 atom stereocenters. The Bertz CT molecular complexity index is 1170. The van der Waals surface area contributed by atoms with Crippen molar-refractivity contribution in [2.45, 2.75) is 13.0 Å². The van der Waals surface area contributed by atoms with Crippen LogP contribution in [0.25, 0.3) is 6.08 Å². The van der Waals surface area contributed by atoms with Crippen molar-refractivity contribution in [2.75, 3.05) is 7.11 Å². The fourth-order valence-corrected chi connectivity index (χ4v) is 4.05. The second-order valence-electron chi connectivity index (χ2n) is 6.87. The molecule has 2 aromatic carbocycles. The van der Waals surface area contributed by atoms with Gasteiger partial charge in [-0.05, 0) is 54.1 Å². The van der Waals surface area contributed by atoms with Gasteiger partial charge in [0.1, 0.15) is 18.1 Å². The van der Waals surface area contributed by atoms with Crippen LogP contribution in [0.15, 0.2) is 89.4 Å². The molecule has 4 rings (SSSR count). The van der Waals surface area contributed by atoms with Gasteiger partial charge in [-0.25, -0.2) is 0 Å². The number of hydrogen-bond donors (Lipinski definition) is 0. The first kappa shape index (κ1) is 20.7. The summed E-state index contributed by atoms with van der Waals surface area (Å²) in [5.41, 5.74) is 1.23. The normalized spacial score (nSPS) is 11.0. The van der Waals surface area contributed by atoms with Crippen molar-refractivity contribution in [1.29, 1.82) is 0 Å². The van der Waals surface area contributed by atoms with E-state index in [4.69, 9.17) is 13.9 Å². The van der Waals surface area contributed by atoms with E-state index >= 15 is 0 Å². The smallest absolute Gasteiger partial charge is 0.195 e. The molecular weight excluding hydrogens is 408 g/mol. The second kappa shape index (κ2) is 9.96. The van der Waals surface area contributed by atoms with Gasteiger partial charge in [0.25, 0.3) is 0 Å². The third-order valence-electron chi connectivity index (χ3n) is 4.65. The average molecular weight is 431 g/mol. The number of furan rings is 1. The third kappa shape index (κ3) is 5.53. The number of ether oxygens (including phenoxy) is 2. The highest BCUT2D eigenvalue weighted by Crippen LogP contribution is 2.27. The van der Waals surface area contributed by atoms with Gasteiger partial charge in [0.05, 0.1) is 12.0 Å². The zero-order chi connectivity index (χ0) is 21.5. The molecule has 0 aliphatic rings. The van der Waals surface area contributed by atoms with Crippen molar-refractivity contribution in [1.82, 2.24) is 0 Å². The van der Waals surface area contributed by atoms with Gasteiger partial charge in [0, 0.05) is 11.3 Å². The molecule has 0 aliphatic carbocycles. The topological polar surface area (TPSA) is 48.7 Å². The van der Waals surface area contributed by atoms with Crippen LogP contribution in [0.1, 0.15) is 31.6 Å².